The highest BCUT2D eigenvalue weighted by molar-refractivity contribution is 5.98. The van der Waals surface area contributed by atoms with E-state index < -0.39 is 6.04 Å². The third-order valence-electron chi connectivity index (χ3n) is 5.70. The van der Waals surface area contributed by atoms with Gasteiger partial charge in [-0.05, 0) is 50.0 Å². The molecule has 0 saturated carbocycles. The molecular weight excluding hydrogens is 414 g/mol. The van der Waals surface area contributed by atoms with Crippen LogP contribution in [0.1, 0.15) is 55.6 Å². The second kappa shape index (κ2) is 13.6. The van der Waals surface area contributed by atoms with Crippen LogP contribution in [0.5, 0.6) is 5.75 Å². The van der Waals surface area contributed by atoms with Gasteiger partial charge in [0.25, 0.3) is 5.91 Å². The number of benzene rings is 2. The number of likely N-dealkylation sites (N-methyl/N-ethyl adjacent to an activating group) is 1. The first-order valence-electron chi connectivity index (χ1n) is 11.9. The molecule has 0 aliphatic rings. The Hall–Kier alpha value is -2.86. The predicted molar refractivity (Wildman–Crippen MR) is 133 cm³/mol. The Labute approximate surface area is 198 Å². The predicted octanol–water partition coefficient (Wildman–Crippen LogP) is 4.18. The lowest BCUT2D eigenvalue weighted by Crippen LogP contribution is -2.47. The number of hydrogen-bond donors (Lipinski definition) is 2. The van der Waals surface area contributed by atoms with Gasteiger partial charge in [-0.2, -0.15) is 0 Å². The highest BCUT2D eigenvalue weighted by Crippen LogP contribution is 2.18. The van der Waals surface area contributed by atoms with Crippen molar-refractivity contribution in [3.63, 3.8) is 0 Å². The Morgan fingerprint density at radius 3 is 2.33 bits per heavy atom. The Kier molecular flexibility index (Phi) is 10.9. The highest BCUT2D eigenvalue weighted by atomic mass is 16.5. The van der Waals surface area contributed by atoms with E-state index in [1.54, 1.807) is 6.07 Å². The largest absolute Gasteiger partial charge is 0.492 e. The van der Waals surface area contributed by atoms with E-state index in [1.165, 1.54) is 0 Å². The first-order valence-corrected chi connectivity index (χ1v) is 11.9. The highest BCUT2D eigenvalue weighted by Gasteiger charge is 2.23. The summed E-state index contributed by atoms with van der Waals surface area (Å²) >= 11 is 0. The summed E-state index contributed by atoms with van der Waals surface area (Å²) in [5.41, 5.74) is 2.39. The second-order valence-corrected chi connectivity index (χ2v) is 8.67. The number of para-hydroxylation sites is 1. The number of aryl methyl sites for hydroxylation is 1. The van der Waals surface area contributed by atoms with Gasteiger partial charge in [0.2, 0.25) is 5.91 Å². The van der Waals surface area contributed by atoms with E-state index in [9.17, 15) is 9.59 Å². The molecule has 2 amide bonds. The fourth-order valence-corrected chi connectivity index (χ4v) is 3.69. The van der Waals surface area contributed by atoms with Gasteiger partial charge in [-0.15, -0.1) is 0 Å². The van der Waals surface area contributed by atoms with Crippen LogP contribution in [0.4, 0.5) is 0 Å². The van der Waals surface area contributed by atoms with E-state index in [4.69, 9.17) is 4.74 Å². The molecule has 6 heteroatoms. The summed E-state index contributed by atoms with van der Waals surface area (Å²) in [7, 11) is 0. The van der Waals surface area contributed by atoms with Crippen molar-refractivity contribution in [3.05, 3.63) is 65.2 Å². The van der Waals surface area contributed by atoms with E-state index in [0.29, 0.717) is 25.1 Å². The maximum absolute atomic E-state index is 13.0. The summed E-state index contributed by atoms with van der Waals surface area (Å²) in [6, 6.07) is 14.5. The van der Waals surface area contributed by atoms with Gasteiger partial charge in [-0.1, -0.05) is 64.1 Å². The van der Waals surface area contributed by atoms with Crippen molar-refractivity contribution in [1.82, 2.24) is 15.5 Å². The molecule has 0 aromatic heterocycles. The molecule has 180 valence electrons. The van der Waals surface area contributed by atoms with Gasteiger partial charge in [-0.3, -0.25) is 9.59 Å². The van der Waals surface area contributed by atoms with Crippen LogP contribution in [0, 0.1) is 12.8 Å². The van der Waals surface area contributed by atoms with E-state index in [1.807, 2.05) is 63.2 Å². The zero-order valence-electron chi connectivity index (χ0n) is 20.7. The van der Waals surface area contributed by atoms with E-state index in [2.05, 4.69) is 29.4 Å². The zero-order valence-corrected chi connectivity index (χ0v) is 20.7. The number of carbonyl (C=O) groups is 2. The lowest BCUT2D eigenvalue weighted by molar-refractivity contribution is -0.123. The van der Waals surface area contributed by atoms with E-state index in [-0.39, 0.29) is 17.7 Å². The minimum absolute atomic E-state index is 0.191. The Morgan fingerprint density at radius 2 is 1.67 bits per heavy atom. The van der Waals surface area contributed by atoms with Crippen molar-refractivity contribution in [2.45, 2.75) is 53.6 Å². The SMILES string of the molecule is CCN(CC)CCOc1ccccc1CNC(=O)C(CC(C)C)NC(=O)c1ccccc1C. The van der Waals surface area contributed by atoms with E-state index >= 15 is 0 Å². The zero-order chi connectivity index (χ0) is 24.2. The van der Waals surface area contributed by atoms with Gasteiger partial charge >= 0.3 is 0 Å². The van der Waals surface area contributed by atoms with Crippen molar-refractivity contribution in [3.8, 4) is 5.75 Å². The molecule has 0 aliphatic heterocycles. The standard InChI is InChI=1S/C27H39N3O3/c1-6-30(7-2)16-17-33-25-15-11-9-13-22(25)19-28-27(32)24(18-20(3)4)29-26(31)23-14-10-8-12-21(23)5/h8-15,20,24H,6-7,16-19H2,1-5H3,(H,28,32)(H,29,31). The molecule has 0 aliphatic carbocycles. The number of hydrogen-bond acceptors (Lipinski definition) is 4. The first-order chi connectivity index (χ1) is 15.8. The van der Waals surface area contributed by atoms with Crippen LogP contribution < -0.4 is 15.4 Å². The molecule has 33 heavy (non-hydrogen) atoms. The number of amides is 2. The maximum atomic E-state index is 13.0. The van der Waals surface area contributed by atoms with E-state index in [0.717, 1.165) is 36.5 Å². The molecule has 2 aromatic rings. The molecule has 1 unspecified atom stereocenters. The quantitative estimate of drug-likeness (QED) is 0.477. The number of carbonyl (C=O) groups excluding carboxylic acids is 2. The van der Waals surface area contributed by atoms with Gasteiger partial charge in [0, 0.05) is 24.2 Å². The van der Waals surface area contributed by atoms with Crippen LogP contribution in [0.3, 0.4) is 0 Å². The summed E-state index contributed by atoms with van der Waals surface area (Å²) < 4.78 is 6.00. The van der Waals surface area contributed by atoms with Gasteiger partial charge < -0.3 is 20.3 Å². The molecule has 0 fully saturated rings. The van der Waals surface area contributed by atoms with Crippen molar-refractivity contribution in [2.75, 3.05) is 26.2 Å². The average molecular weight is 454 g/mol. The molecule has 2 aromatic carbocycles. The maximum Gasteiger partial charge on any atom is 0.252 e. The summed E-state index contributed by atoms with van der Waals surface area (Å²) in [6.07, 6.45) is 0.561. The summed E-state index contributed by atoms with van der Waals surface area (Å²) in [4.78, 5) is 28.1. The molecule has 0 radical (unpaired) electrons. The number of nitrogens with one attached hydrogen (secondary N) is 2. The molecular formula is C27H39N3O3. The molecule has 1 atom stereocenters. The van der Waals surface area contributed by atoms with Gasteiger partial charge in [0.15, 0.2) is 0 Å². The molecule has 0 heterocycles. The number of nitrogens with zero attached hydrogens (tertiary/aromatic N) is 1. The van der Waals surface area contributed by atoms with Crippen molar-refractivity contribution in [2.24, 2.45) is 5.92 Å². The molecule has 0 bridgehead atoms. The molecule has 2 rings (SSSR count). The van der Waals surface area contributed by atoms with Crippen LogP contribution in [-0.2, 0) is 11.3 Å². The Balaban J connectivity index is 2.01. The molecule has 0 spiro atoms. The Morgan fingerprint density at radius 1 is 1.00 bits per heavy atom. The summed E-state index contributed by atoms with van der Waals surface area (Å²) in [5.74, 6) is 0.612. The lowest BCUT2D eigenvalue weighted by atomic mass is 10.0. The van der Waals surface area contributed by atoms with Gasteiger partial charge in [0.1, 0.15) is 18.4 Å². The van der Waals surface area contributed by atoms with Crippen LogP contribution in [0.25, 0.3) is 0 Å². The summed E-state index contributed by atoms with van der Waals surface area (Å²) in [6.45, 7) is 14.0. The molecule has 2 N–H and O–H groups in total. The third-order valence-corrected chi connectivity index (χ3v) is 5.70. The molecule has 0 saturated heterocycles. The fourth-order valence-electron chi connectivity index (χ4n) is 3.69. The normalized spacial score (nSPS) is 12.0. The van der Waals surface area contributed by atoms with Crippen molar-refractivity contribution >= 4 is 11.8 Å². The van der Waals surface area contributed by atoms with Crippen molar-refractivity contribution in [1.29, 1.82) is 0 Å². The van der Waals surface area contributed by atoms with Crippen LogP contribution in [-0.4, -0.2) is 49.0 Å². The third kappa shape index (κ3) is 8.54. The lowest BCUT2D eigenvalue weighted by Gasteiger charge is -2.21. The Bertz CT molecular complexity index is 894. The monoisotopic (exact) mass is 453 g/mol. The minimum atomic E-state index is -0.604. The van der Waals surface area contributed by atoms with Gasteiger partial charge in [-0.25, -0.2) is 0 Å². The first kappa shape index (κ1) is 26.4. The average Bonchev–Trinajstić information content (AvgIpc) is 2.80. The second-order valence-electron chi connectivity index (χ2n) is 8.67. The summed E-state index contributed by atoms with van der Waals surface area (Å²) in [5, 5.41) is 5.92. The van der Waals surface area contributed by atoms with Crippen LogP contribution in [0.2, 0.25) is 0 Å². The topological polar surface area (TPSA) is 70.7 Å². The smallest absolute Gasteiger partial charge is 0.252 e. The minimum Gasteiger partial charge on any atom is -0.492 e. The van der Waals surface area contributed by atoms with Gasteiger partial charge in [0.05, 0.1) is 0 Å². The molecule has 6 nitrogen and oxygen atoms in total. The van der Waals surface area contributed by atoms with Crippen LogP contribution in [0.15, 0.2) is 48.5 Å². The van der Waals surface area contributed by atoms with Crippen LogP contribution >= 0.6 is 0 Å². The van der Waals surface area contributed by atoms with Crippen molar-refractivity contribution < 1.29 is 14.3 Å². The number of rotatable bonds is 13. The fraction of sp³-hybridized carbons (Fsp3) is 0.481. The number of ether oxygens (including phenoxy) is 1.